The van der Waals surface area contributed by atoms with E-state index < -0.39 is 0 Å². The summed E-state index contributed by atoms with van der Waals surface area (Å²) < 4.78 is 31.6. The van der Waals surface area contributed by atoms with Gasteiger partial charge in [0, 0.05) is 40.5 Å². The predicted molar refractivity (Wildman–Crippen MR) is 95.2 cm³/mol. The minimum Gasteiger partial charge on any atom is -0.396 e. The average molecular weight is 367 g/mol. The van der Waals surface area contributed by atoms with Crippen molar-refractivity contribution in [3.05, 3.63) is 0 Å². The zero-order valence-electron chi connectivity index (χ0n) is 16.0. The van der Waals surface area contributed by atoms with Crippen LogP contribution in [-0.4, -0.2) is 117 Å². The Balaban J connectivity index is 3.54. The van der Waals surface area contributed by atoms with E-state index in [2.05, 4.69) is 4.90 Å². The summed E-state index contributed by atoms with van der Waals surface area (Å²) in [5.41, 5.74) is 0. The Labute approximate surface area is 152 Å². The summed E-state index contributed by atoms with van der Waals surface area (Å²) in [5, 5.41) is 9.00. The van der Waals surface area contributed by atoms with E-state index >= 15 is 0 Å². The Morgan fingerprint density at radius 3 is 1.36 bits per heavy atom. The first-order valence-electron chi connectivity index (χ1n) is 8.97. The molecule has 25 heavy (non-hydrogen) atoms. The first-order chi connectivity index (χ1) is 12.3. The molecule has 8 heteroatoms. The van der Waals surface area contributed by atoms with Gasteiger partial charge in [-0.2, -0.15) is 0 Å². The number of methoxy groups -OCH3 is 2. The summed E-state index contributed by atoms with van der Waals surface area (Å²) in [6.45, 7) is 8.62. The van der Waals surface area contributed by atoms with Crippen LogP contribution in [0.4, 0.5) is 0 Å². The highest BCUT2D eigenvalue weighted by Crippen LogP contribution is 1.93. The molecule has 8 nitrogen and oxygen atoms in total. The molecule has 1 N–H and O–H groups in total. The van der Waals surface area contributed by atoms with E-state index in [1.807, 2.05) is 0 Å². The second kappa shape index (κ2) is 21.7. The maximum absolute atomic E-state index is 9.00. The van der Waals surface area contributed by atoms with Crippen molar-refractivity contribution < 1.29 is 33.5 Å². The van der Waals surface area contributed by atoms with Gasteiger partial charge in [0.05, 0.1) is 66.1 Å². The number of hydrogen-bond donors (Lipinski definition) is 1. The smallest absolute Gasteiger partial charge is 0.0701 e. The van der Waals surface area contributed by atoms with Crippen molar-refractivity contribution in [3.8, 4) is 0 Å². The van der Waals surface area contributed by atoms with Crippen LogP contribution in [0.15, 0.2) is 0 Å². The molecule has 152 valence electrons. The van der Waals surface area contributed by atoms with Crippen molar-refractivity contribution in [2.75, 3.05) is 107 Å². The van der Waals surface area contributed by atoms with E-state index in [1.54, 1.807) is 14.2 Å². The molecule has 0 aliphatic carbocycles. The van der Waals surface area contributed by atoms with E-state index in [0.29, 0.717) is 66.1 Å². The number of ether oxygens (including phenoxy) is 6. The monoisotopic (exact) mass is 367 g/mol. The zero-order chi connectivity index (χ0) is 18.4. The van der Waals surface area contributed by atoms with E-state index in [1.165, 1.54) is 0 Å². The van der Waals surface area contributed by atoms with Crippen LogP contribution >= 0.6 is 0 Å². The molecular weight excluding hydrogens is 330 g/mol. The summed E-state index contributed by atoms with van der Waals surface area (Å²) in [5.74, 6) is 0. The lowest BCUT2D eigenvalue weighted by molar-refractivity contribution is 0.00886. The van der Waals surface area contributed by atoms with E-state index in [4.69, 9.17) is 33.5 Å². The van der Waals surface area contributed by atoms with E-state index in [-0.39, 0.29) is 6.61 Å². The van der Waals surface area contributed by atoms with Crippen molar-refractivity contribution in [1.29, 1.82) is 0 Å². The molecule has 0 aliphatic rings. The molecule has 0 bridgehead atoms. The largest absolute Gasteiger partial charge is 0.396 e. The van der Waals surface area contributed by atoms with Gasteiger partial charge in [0.2, 0.25) is 0 Å². The van der Waals surface area contributed by atoms with Crippen LogP contribution in [0.1, 0.15) is 6.42 Å². The molecule has 0 fully saturated rings. The van der Waals surface area contributed by atoms with Crippen LogP contribution in [0.3, 0.4) is 0 Å². The molecule has 0 aromatic rings. The third kappa shape index (κ3) is 19.8. The van der Waals surface area contributed by atoms with Crippen LogP contribution in [0.2, 0.25) is 0 Å². The van der Waals surface area contributed by atoms with Crippen LogP contribution in [0.25, 0.3) is 0 Å². The minimum atomic E-state index is 0.193. The van der Waals surface area contributed by atoms with E-state index in [9.17, 15) is 0 Å². The number of rotatable bonds is 21. The van der Waals surface area contributed by atoms with Crippen molar-refractivity contribution in [1.82, 2.24) is 4.90 Å². The van der Waals surface area contributed by atoms with Crippen molar-refractivity contribution in [2.24, 2.45) is 0 Å². The molecule has 0 unspecified atom stereocenters. The Morgan fingerprint density at radius 2 is 0.960 bits per heavy atom. The zero-order valence-corrected chi connectivity index (χ0v) is 16.0. The summed E-state index contributed by atoms with van der Waals surface area (Å²) in [6.07, 6.45) is 0.750. The van der Waals surface area contributed by atoms with Gasteiger partial charge in [0.15, 0.2) is 0 Å². The van der Waals surface area contributed by atoms with Crippen molar-refractivity contribution >= 4 is 0 Å². The lowest BCUT2D eigenvalue weighted by Gasteiger charge is -2.21. The lowest BCUT2D eigenvalue weighted by atomic mass is 10.4. The molecule has 0 amide bonds. The highest BCUT2D eigenvalue weighted by atomic mass is 16.5. The van der Waals surface area contributed by atoms with Gasteiger partial charge in [-0.3, -0.25) is 4.90 Å². The molecule has 0 radical (unpaired) electrons. The topological polar surface area (TPSA) is 78.9 Å². The Bertz CT molecular complexity index is 227. The normalized spacial score (nSPS) is 11.5. The van der Waals surface area contributed by atoms with Gasteiger partial charge in [-0.05, 0) is 6.42 Å². The van der Waals surface area contributed by atoms with Crippen LogP contribution in [-0.2, 0) is 28.4 Å². The average Bonchev–Trinajstić information content (AvgIpc) is 2.63. The Hall–Kier alpha value is -0.320. The molecule has 0 atom stereocenters. The van der Waals surface area contributed by atoms with Gasteiger partial charge in [-0.25, -0.2) is 0 Å². The summed E-state index contributed by atoms with van der Waals surface area (Å²) in [7, 11) is 3.30. The number of aliphatic hydroxyl groups excluding tert-OH is 1. The first-order valence-corrected chi connectivity index (χ1v) is 8.97. The van der Waals surface area contributed by atoms with Crippen LogP contribution < -0.4 is 0 Å². The fraction of sp³-hybridized carbons (Fsp3) is 1.00. The van der Waals surface area contributed by atoms with E-state index in [0.717, 1.165) is 26.1 Å². The van der Waals surface area contributed by atoms with Crippen LogP contribution in [0.5, 0.6) is 0 Å². The third-order valence-corrected chi connectivity index (χ3v) is 3.34. The molecule has 0 rings (SSSR count). The van der Waals surface area contributed by atoms with Gasteiger partial charge in [-0.15, -0.1) is 0 Å². The number of aliphatic hydroxyl groups is 1. The Morgan fingerprint density at radius 1 is 0.560 bits per heavy atom. The maximum atomic E-state index is 9.00. The highest BCUT2D eigenvalue weighted by Gasteiger charge is 2.04. The fourth-order valence-corrected chi connectivity index (χ4v) is 1.95. The highest BCUT2D eigenvalue weighted by molar-refractivity contribution is 4.57. The lowest BCUT2D eigenvalue weighted by Crippen LogP contribution is -2.33. The first kappa shape index (κ1) is 24.7. The molecular formula is C17H37NO7. The summed E-state index contributed by atoms with van der Waals surface area (Å²) in [6, 6.07) is 0. The van der Waals surface area contributed by atoms with Gasteiger partial charge in [0.1, 0.15) is 0 Å². The number of nitrogens with zero attached hydrogens (tertiary/aromatic N) is 1. The quantitative estimate of drug-likeness (QED) is 0.285. The molecule has 0 spiro atoms. The molecule has 0 saturated carbocycles. The van der Waals surface area contributed by atoms with Gasteiger partial charge < -0.3 is 33.5 Å². The molecule has 0 heterocycles. The van der Waals surface area contributed by atoms with Crippen molar-refractivity contribution in [3.63, 3.8) is 0 Å². The maximum Gasteiger partial charge on any atom is 0.0701 e. The van der Waals surface area contributed by atoms with Gasteiger partial charge in [0.25, 0.3) is 0 Å². The van der Waals surface area contributed by atoms with Gasteiger partial charge >= 0.3 is 0 Å². The Kier molecular flexibility index (Phi) is 21.4. The molecule has 0 aliphatic heterocycles. The second-order valence-corrected chi connectivity index (χ2v) is 5.35. The standard InChI is InChI=1S/C17H37NO7/c1-20-10-12-24-16-14-22-8-5-18(4-3-7-19)6-9-23-15-17-25-13-11-21-2/h19H,3-17H2,1-2H3. The SMILES string of the molecule is COCCOCCOCCN(CCCO)CCOCCOCCOC. The summed E-state index contributed by atoms with van der Waals surface area (Å²) >= 11 is 0. The third-order valence-electron chi connectivity index (χ3n) is 3.34. The predicted octanol–water partition coefficient (Wildman–Crippen LogP) is 0.0300. The number of hydrogen-bond acceptors (Lipinski definition) is 8. The second-order valence-electron chi connectivity index (χ2n) is 5.35. The summed E-state index contributed by atoms with van der Waals surface area (Å²) in [4.78, 5) is 2.23. The molecule has 0 aromatic heterocycles. The van der Waals surface area contributed by atoms with Crippen molar-refractivity contribution in [2.45, 2.75) is 6.42 Å². The fourth-order valence-electron chi connectivity index (χ4n) is 1.95. The minimum absolute atomic E-state index is 0.193. The molecule has 0 saturated heterocycles. The van der Waals surface area contributed by atoms with Crippen LogP contribution in [0, 0.1) is 0 Å². The molecule has 0 aromatic carbocycles. The van der Waals surface area contributed by atoms with Gasteiger partial charge in [-0.1, -0.05) is 0 Å².